The van der Waals surface area contributed by atoms with Crippen LogP contribution in [0.5, 0.6) is 0 Å². The molecule has 1 aromatic rings. The molecule has 0 radical (unpaired) electrons. The van der Waals surface area contributed by atoms with E-state index in [-0.39, 0.29) is 11.8 Å². The summed E-state index contributed by atoms with van der Waals surface area (Å²) >= 11 is 12.0. The van der Waals surface area contributed by atoms with Crippen LogP contribution >= 0.6 is 23.2 Å². The maximum absolute atomic E-state index is 12.0. The number of anilines is 1. The van der Waals surface area contributed by atoms with Crippen molar-refractivity contribution in [3.8, 4) is 0 Å². The lowest BCUT2D eigenvalue weighted by Gasteiger charge is -2.22. The Morgan fingerprint density at radius 1 is 1.35 bits per heavy atom. The highest BCUT2D eigenvalue weighted by Gasteiger charge is 2.22. The van der Waals surface area contributed by atoms with Gasteiger partial charge in [0, 0.05) is 6.54 Å². The van der Waals surface area contributed by atoms with Gasteiger partial charge in [-0.25, -0.2) is 0 Å². The first-order chi connectivity index (χ1) is 8.18. The Balaban J connectivity index is 2.07. The summed E-state index contributed by atoms with van der Waals surface area (Å²) in [6.07, 6.45) is 1.93. The molecular formula is C12H14Cl2N2O. The number of piperidine rings is 1. The molecule has 17 heavy (non-hydrogen) atoms. The van der Waals surface area contributed by atoms with Crippen LogP contribution in [0.1, 0.15) is 12.8 Å². The Kier molecular flexibility index (Phi) is 4.26. The SMILES string of the molecule is O=C(Nc1c(Cl)cccc1Cl)C1CCCNC1. The Hall–Kier alpha value is -0.770. The summed E-state index contributed by atoms with van der Waals surface area (Å²) < 4.78 is 0. The fourth-order valence-electron chi connectivity index (χ4n) is 1.92. The molecule has 1 heterocycles. The summed E-state index contributed by atoms with van der Waals surface area (Å²) in [7, 11) is 0. The molecule has 1 amide bonds. The van der Waals surface area contributed by atoms with E-state index < -0.39 is 0 Å². The maximum atomic E-state index is 12.0. The van der Waals surface area contributed by atoms with Crippen LogP contribution in [0.25, 0.3) is 0 Å². The molecule has 0 aliphatic carbocycles. The van der Waals surface area contributed by atoms with Gasteiger partial charge in [0.1, 0.15) is 0 Å². The first kappa shape index (κ1) is 12.7. The normalized spacial score (nSPS) is 20.0. The Bertz CT molecular complexity index is 397. The highest BCUT2D eigenvalue weighted by atomic mass is 35.5. The molecule has 5 heteroatoms. The van der Waals surface area contributed by atoms with Crippen molar-refractivity contribution >= 4 is 34.8 Å². The number of amides is 1. The second-order valence-electron chi connectivity index (χ2n) is 4.13. The minimum atomic E-state index is -0.0211. The van der Waals surface area contributed by atoms with Gasteiger partial charge in [0.05, 0.1) is 21.7 Å². The molecule has 0 bridgehead atoms. The molecule has 1 unspecified atom stereocenters. The van der Waals surface area contributed by atoms with E-state index in [0.29, 0.717) is 22.3 Å². The van der Waals surface area contributed by atoms with Gasteiger partial charge in [0.2, 0.25) is 5.91 Å². The molecule has 2 N–H and O–H groups in total. The minimum absolute atomic E-state index is 0.00362. The first-order valence-corrected chi connectivity index (χ1v) is 6.39. The van der Waals surface area contributed by atoms with Crippen molar-refractivity contribution in [2.75, 3.05) is 18.4 Å². The summed E-state index contributed by atoms with van der Waals surface area (Å²) in [5.41, 5.74) is 0.506. The lowest BCUT2D eigenvalue weighted by molar-refractivity contribution is -0.120. The van der Waals surface area contributed by atoms with E-state index in [0.717, 1.165) is 19.4 Å². The molecule has 1 fully saturated rings. The molecule has 1 aromatic carbocycles. The molecule has 2 rings (SSSR count). The van der Waals surface area contributed by atoms with Crippen molar-refractivity contribution in [3.63, 3.8) is 0 Å². The molecule has 1 saturated heterocycles. The van der Waals surface area contributed by atoms with Crippen LogP contribution in [0.4, 0.5) is 5.69 Å². The molecule has 1 aliphatic heterocycles. The van der Waals surface area contributed by atoms with E-state index >= 15 is 0 Å². The number of carbonyl (C=O) groups is 1. The average Bonchev–Trinajstić information content (AvgIpc) is 2.35. The predicted octanol–water partition coefficient (Wildman–Crippen LogP) is 2.93. The van der Waals surface area contributed by atoms with Gasteiger partial charge in [-0.15, -0.1) is 0 Å². The third-order valence-electron chi connectivity index (χ3n) is 2.88. The van der Waals surface area contributed by atoms with E-state index in [4.69, 9.17) is 23.2 Å². The summed E-state index contributed by atoms with van der Waals surface area (Å²) in [5, 5.41) is 6.94. The van der Waals surface area contributed by atoms with Gasteiger partial charge in [-0.1, -0.05) is 29.3 Å². The van der Waals surface area contributed by atoms with Gasteiger partial charge in [-0.05, 0) is 31.5 Å². The molecule has 0 aromatic heterocycles. The lowest BCUT2D eigenvalue weighted by atomic mass is 9.99. The van der Waals surface area contributed by atoms with Crippen molar-refractivity contribution < 1.29 is 4.79 Å². The zero-order valence-corrected chi connectivity index (χ0v) is 10.8. The summed E-state index contributed by atoms with van der Waals surface area (Å²) in [6.45, 7) is 1.70. The van der Waals surface area contributed by atoms with Gasteiger partial charge in [0.25, 0.3) is 0 Å². The van der Waals surface area contributed by atoms with Crippen LogP contribution in [-0.4, -0.2) is 19.0 Å². The monoisotopic (exact) mass is 272 g/mol. The molecule has 0 spiro atoms. The first-order valence-electron chi connectivity index (χ1n) is 5.64. The van der Waals surface area contributed by atoms with Gasteiger partial charge < -0.3 is 10.6 Å². The van der Waals surface area contributed by atoms with Crippen molar-refractivity contribution in [1.29, 1.82) is 0 Å². The van der Waals surface area contributed by atoms with Gasteiger partial charge in [-0.2, -0.15) is 0 Å². The van der Waals surface area contributed by atoms with Crippen LogP contribution in [0.2, 0.25) is 10.0 Å². The van der Waals surface area contributed by atoms with E-state index in [1.807, 2.05) is 0 Å². The Labute approximate surface area is 110 Å². The van der Waals surface area contributed by atoms with Crippen LogP contribution in [0, 0.1) is 5.92 Å². The maximum Gasteiger partial charge on any atom is 0.228 e. The predicted molar refractivity (Wildman–Crippen MR) is 70.7 cm³/mol. The quantitative estimate of drug-likeness (QED) is 0.869. The van der Waals surface area contributed by atoms with Crippen LogP contribution < -0.4 is 10.6 Å². The number of hydrogen-bond donors (Lipinski definition) is 2. The summed E-state index contributed by atoms with van der Waals surface area (Å²) in [5.74, 6) is -0.0247. The average molecular weight is 273 g/mol. The lowest BCUT2D eigenvalue weighted by Crippen LogP contribution is -2.37. The number of nitrogens with one attached hydrogen (secondary N) is 2. The molecule has 92 valence electrons. The second kappa shape index (κ2) is 5.71. The van der Waals surface area contributed by atoms with Crippen LogP contribution in [0.15, 0.2) is 18.2 Å². The van der Waals surface area contributed by atoms with Crippen molar-refractivity contribution in [2.24, 2.45) is 5.92 Å². The molecule has 1 aliphatic rings. The molecular weight excluding hydrogens is 259 g/mol. The molecule has 3 nitrogen and oxygen atoms in total. The Morgan fingerprint density at radius 3 is 2.65 bits per heavy atom. The number of carbonyl (C=O) groups excluding carboxylic acids is 1. The fourth-order valence-corrected chi connectivity index (χ4v) is 2.41. The topological polar surface area (TPSA) is 41.1 Å². The number of halogens is 2. The Morgan fingerprint density at radius 2 is 2.06 bits per heavy atom. The van der Waals surface area contributed by atoms with Gasteiger partial charge in [0.15, 0.2) is 0 Å². The zero-order valence-electron chi connectivity index (χ0n) is 9.30. The number of para-hydroxylation sites is 1. The fraction of sp³-hybridized carbons (Fsp3) is 0.417. The second-order valence-corrected chi connectivity index (χ2v) is 4.94. The summed E-state index contributed by atoms with van der Waals surface area (Å²) in [4.78, 5) is 12.0. The van der Waals surface area contributed by atoms with E-state index in [9.17, 15) is 4.79 Å². The highest BCUT2D eigenvalue weighted by Crippen LogP contribution is 2.30. The largest absolute Gasteiger partial charge is 0.323 e. The van der Waals surface area contributed by atoms with Crippen LogP contribution in [0.3, 0.4) is 0 Å². The van der Waals surface area contributed by atoms with Crippen LogP contribution in [-0.2, 0) is 4.79 Å². The van der Waals surface area contributed by atoms with Crippen molar-refractivity contribution in [2.45, 2.75) is 12.8 Å². The van der Waals surface area contributed by atoms with E-state index in [1.165, 1.54) is 0 Å². The van der Waals surface area contributed by atoms with Gasteiger partial charge in [-0.3, -0.25) is 4.79 Å². The number of rotatable bonds is 2. The summed E-state index contributed by atoms with van der Waals surface area (Å²) in [6, 6.07) is 5.17. The zero-order chi connectivity index (χ0) is 12.3. The van der Waals surface area contributed by atoms with E-state index in [1.54, 1.807) is 18.2 Å². The standard InChI is InChI=1S/C12H14Cl2N2O/c13-9-4-1-5-10(14)11(9)16-12(17)8-3-2-6-15-7-8/h1,4-5,8,15H,2-3,6-7H2,(H,16,17). The van der Waals surface area contributed by atoms with Crippen molar-refractivity contribution in [3.05, 3.63) is 28.2 Å². The third-order valence-corrected chi connectivity index (χ3v) is 3.51. The molecule has 1 atom stereocenters. The van der Waals surface area contributed by atoms with Crippen molar-refractivity contribution in [1.82, 2.24) is 5.32 Å². The number of benzene rings is 1. The van der Waals surface area contributed by atoms with E-state index in [2.05, 4.69) is 10.6 Å². The highest BCUT2D eigenvalue weighted by molar-refractivity contribution is 6.39. The van der Waals surface area contributed by atoms with Gasteiger partial charge >= 0.3 is 0 Å². The smallest absolute Gasteiger partial charge is 0.228 e. The minimum Gasteiger partial charge on any atom is -0.323 e. The number of hydrogen-bond acceptors (Lipinski definition) is 2. The molecule has 0 saturated carbocycles. The third kappa shape index (κ3) is 3.12.